The van der Waals surface area contributed by atoms with E-state index in [0.717, 1.165) is 24.3 Å². The second-order valence-electron chi connectivity index (χ2n) is 4.00. The minimum atomic E-state index is -4.80. The van der Waals surface area contributed by atoms with Gasteiger partial charge >= 0.3 is 18.3 Å². The van der Waals surface area contributed by atoms with E-state index in [4.69, 9.17) is 5.73 Å². The summed E-state index contributed by atoms with van der Waals surface area (Å²) in [7, 11) is 0. The molecule has 20 heavy (non-hydrogen) atoms. The zero-order chi connectivity index (χ0) is 15.3. The Balaban J connectivity index is 3.06. The minimum absolute atomic E-state index is 0.0885. The van der Waals surface area contributed by atoms with Gasteiger partial charge in [-0.05, 0) is 37.2 Å². The number of hydrogen-bond acceptors (Lipinski definition) is 2. The highest BCUT2D eigenvalue weighted by atomic mass is 19.3. The van der Waals surface area contributed by atoms with Crippen LogP contribution in [0, 0.1) is 5.82 Å². The molecule has 0 spiro atoms. The monoisotopic (exact) mass is 296 g/mol. The zero-order valence-electron chi connectivity index (χ0n) is 10.3. The van der Waals surface area contributed by atoms with Gasteiger partial charge in [-0.25, -0.2) is 13.2 Å². The first-order chi connectivity index (χ1) is 9.30. The van der Waals surface area contributed by atoms with E-state index in [1.807, 2.05) is 0 Å². The van der Waals surface area contributed by atoms with Gasteiger partial charge < -0.3 is 10.6 Å². The molecule has 0 saturated carbocycles. The van der Waals surface area contributed by atoms with Crippen LogP contribution in [0.5, 0.6) is 0 Å². The molecule has 0 atom stereocenters. The van der Waals surface area contributed by atoms with Gasteiger partial charge in [0.15, 0.2) is 0 Å². The van der Waals surface area contributed by atoms with E-state index < -0.39 is 24.1 Å². The molecule has 2 N–H and O–H groups in total. The van der Waals surface area contributed by atoms with Crippen LogP contribution in [0.1, 0.15) is 6.42 Å². The lowest BCUT2D eigenvalue weighted by Gasteiger charge is -2.26. The molecule has 0 aliphatic heterocycles. The quantitative estimate of drug-likeness (QED) is 0.819. The summed E-state index contributed by atoms with van der Waals surface area (Å²) >= 11 is 0. The fourth-order valence-corrected chi connectivity index (χ4v) is 1.49. The molecule has 0 radical (unpaired) electrons. The van der Waals surface area contributed by atoms with Crippen molar-refractivity contribution in [1.29, 1.82) is 0 Å². The van der Waals surface area contributed by atoms with Crippen LogP contribution in [0.2, 0.25) is 0 Å². The van der Waals surface area contributed by atoms with Crippen molar-refractivity contribution in [1.82, 2.24) is 0 Å². The highest BCUT2D eigenvalue weighted by Crippen LogP contribution is 2.28. The number of benzene rings is 1. The minimum Gasteiger partial charge on any atom is -0.330 e. The molecule has 1 aromatic rings. The molecule has 0 bridgehead atoms. The highest BCUT2D eigenvalue weighted by molar-refractivity contribution is 5.98. The maximum absolute atomic E-state index is 13.1. The summed E-state index contributed by atoms with van der Waals surface area (Å²) in [6.07, 6.45) is -3.97. The Morgan fingerprint density at radius 1 is 1.25 bits per heavy atom. The number of alkyl halides is 4. The number of carbonyl (C=O) groups excluding carboxylic acids is 1. The van der Waals surface area contributed by atoms with Gasteiger partial charge in [0.05, 0.1) is 0 Å². The predicted molar refractivity (Wildman–Crippen MR) is 63.4 cm³/mol. The summed E-state index contributed by atoms with van der Waals surface area (Å²) in [5, 5.41) is 0. The fourth-order valence-electron chi connectivity index (χ4n) is 1.49. The van der Waals surface area contributed by atoms with Crippen molar-refractivity contribution in [2.24, 2.45) is 5.73 Å². The number of anilines is 1. The first-order valence-corrected chi connectivity index (χ1v) is 5.74. The third-order valence-electron chi connectivity index (χ3n) is 2.53. The third kappa shape index (κ3) is 3.66. The van der Waals surface area contributed by atoms with Crippen LogP contribution in [0.15, 0.2) is 24.3 Å². The Labute approximate surface area is 112 Å². The van der Waals surface area contributed by atoms with Gasteiger partial charge in [0.25, 0.3) is 0 Å². The Kier molecular flexibility index (Phi) is 5.43. The molecule has 0 unspecified atom stereocenters. The van der Waals surface area contributed by atoms with Crippen molar-refractivity contribution in [3.8, 4) is 0 Å². The molecule has 1 amide bonds. The van der Waals surface area contributed by atoms with Crippen LogP contribution in [0.3, 0.4) is 0 Å². The van der Waals surface area contributed by atoms with Crippen molar-refractivity contribution < 1.29 is 26.7 Å². The van der Waals surface area contributed by atoms with Crippen LogP contribution in [-0.2, 0) is 4.79 Å². The molecule has 0 aliphatic carbocycles. The van der Waals surface area contributed by atoms with Gasteiger partial charge in [-0.3, -0.25) is 4.79 Å². The Morgan fingerprint density at radius 2 is 1.80 bits per heavy atom. The van der Waals surface area contributed by atoms with Crippen molar-refractivity contribution >= 4 is 11.6 Å². The number of halogens is 5. The number of carbonyl (C=O) groups is 1. The van der Waals surface area contributed by atoms with Crippen LogP contribution in [0.25, 0.3) is 0 Å². The Hall–Kier alpha value is -1.70. The summed E-state index contributed by atoms with van der Waals surface area (Å²) in [6.45, 7) is -0.172. The van der Waals surface area contributed by atoms with Gasteiger partial charge in [-0.15, -0.1) is 0 Å². The van der Waals surface area contributed by atoms with Crippen molar-refractivity contribution in [2.75, 3.05) is 18.0 Å². The Morgan fingerprint density at radius 3 is 2.25 bits per heavy atom. The summed E-state index contributed by atoms with van der Waals surface area (Å²) in [5.74, 6) is -7.48. The van der Waals surface area contributed by atoms with Gasteiger partial charge in [-0.2, -0.15) is 8.78 Å². The van der Waals surface area contributed by atoms with Crippen LogP contribution in [-0.4, -0.2) is 31.3 Å². The van der Waals surface area contributed by atoms with E-state index in [9.17, 15) is 26.7 Å². The lowest BCUT2D eigenvalue weighted by Crippen LogP contribution is -2.48. The molecule has 0 aromatic heterocycles. The standard InChI is InChI=1S/C12H13F5N2O/c13-8-2-4-9(5-3-8)19(7-1-6-18)11(20)12(16,17)10(14)15/h2-5,10H,1,6-7,18H2. The molecule has 0 aliphatic rings. The first kappa shape index (κ1) is 16.4. The van der Waals surface area contributed by atoms with Gasteiger partial charge in [-0.1, -0.05) is 0 Å². The number of nitrogens with zero attached hydrogens (tertiary/aromatic N) is 1. The summed E-state index contributed by atoms with van der Waals surface area (Å²) in [6, 6.07) is 4.01. The van der Waals surface area contributed by atoms with Gasteiger partial charge in [0.2, 0.25) is 0 Å². The lowest BCUT2D eigenvalue weighted by atomic mass is 10.2. The molecule has 0 heterocycles. The van der Waals surface area contributed by atoms with Crippen LogP contribution < -0.4 is 10.6 Å². The van der Waals surface area contributed by atoms with E-state index in [1.54, 1.807) is 0 Å². The van der Waals surface area contributed by atoms with Gasteiger partial charge in [0, 0.05) is 12.2 Å². The normalized spacial score (nSPS) is 11.8. The Bertz CT molecular complexity index is 450. The molecule has 1 rings (SSSR count). The SMILES string of the molecule is NCCCN(C(=O)C(F)(F)C(F)F)c1ccc(F)cc1. The number of rotatable bonds is 6. The maximum Gasteiger partial charge on any atom is 0.384 e. The molecule has 8 heteroatoms. The molecule has 3 nitrogen and oxygen atoms in total. The molecule has 0 fully saturated rings. The fraction of sp³-hybridized carbons (Fsp3) is 0.417. The van der Waals surface area contributed by atoms with Crippen LogP contribution in [0.4, 0.5) is 27.6 Å². The average molecular weight is 296 g/mol. The maximum atomic E-state index is 13.1. The highest BCUT2D eigenvalue weighted by Gasteiger charge is 2.51. The summed E-state index contributed by atoms with van der Waals surface area (Å²) in [4.78, 5) is 12.0. The molecular weight excluding hydrogens is 283 g/mol. The average Bonchev–Trinajstić information content (AvgIpc) is 2.40. The molecule has 112 valence electrons. The molecule has 1 aromatic carbocycles. The second kappa shape index (κ2) is 6.65. The van der Waals surface area contributed by atoms with Gasteiger partial charge in [0.1, 0.15) is 5.82 Å². The zero-order valence-corrected chi connectivity index (χ0v) is 10.3. The largest absolute Gasteiger partial charge is 0.384 e. The van der Waals surface area contributed by atoms with E-state index in [1.165, 1.54) is 0 Å². The van der Waals surface area contributed by atoms with E-state index >= 15 is 0 Å². The number of hydrogen-bond donors (Lipinski definition) is 1. The number of nitrogens with two attached hydrogens (primary N) is 1. The van der Waals surface area contributed by atoms with Crippen molar-refractivity contribution in [3.63, 3.8) is 0 Å². The molecule has 0 saturated heterocycles. The predicted octanol–water partition coefficient (Wildman–Crippen LogP) is 2.41. The van der Waals surface area contributed by atoms with Crippen molar-refractivity contribution in [3.05, 3.63) is 30.1 Å². The third-order valence-corrected chi connectivity index (χ3v) is 2.53. The van der Waals surface area contributed by atoms with E-state index in [2.05, 4.69) is 0 Å². The summed E-state index contributed by atoms with van der Waals surface area (Å²) in [5.41, 5.74) is 5.12. The topological polar surface area (TPSA) is 46.3 Å². The van der Waals surface area contributed by atoms with E-state index in [0.29, 0.717) is 4.90 Å². The van der Waals surface area contributed by atoms with E-state index in [-0.39, 0.29) is 25.2 Å². The summed E-state index contributed by atoms with van der Waals surface area (Å²) < 4.78 is 63.5. The second-order valence-corrected chi connectivity index (χ2v) is 4.00. The smallest absolute Gasteiger partial charge is 0.330 e. The molecular formula is C12H13F5N2O. The number of amides is 1. The van der Waals surface area contributed by atoms with Crippen LogP contribution >= 0.6 is 0 Å². The first-order valence-electron chi connectivity index (χ1n) is 5.74. The lowest BCUT2D eigenvalue weighted by molar-refractivity contribution is -0.166. The van der Waals surface area contributed by atoms with Crippen molar-refractivity contribution in [2.45, 2.75) is 18.8 Å².